The first kappa shape index (κ1) is 19.2. The Labute approximate surface area is 176 Å². The van der Waals surface area contributed by atoms with Crippen LogP contribution < -0.4 is 4.72 Å². The predicted octanol–water partition coefficient (Wildman–Crippen LogP) is 6.21. The average molecular weight is 449 g/mol. The van der Waals surface area contributed by atoms with Gasteiger partial charge in [0.05, 0.1) is 26.7 Å². The Kier molecular flexibility index (Phi) is 5.29. The van der Waals surface area contributed by atoms with Crippen LogP contribution in [0.5, 0.6) is 0 Å². The maximum absolute atomic E-state index is 12.4. The molecule has 0 amide bonds. The van der Waals surface area contributed by atoms with Gasteiger partial charge in [0.15, 0.2) is 0 Å². The van der Waals surface area contributed by atoms with Crippen molar-refractivity contribution in [2.24, 2.45) is 0 Å². The molecule has 0 fully saturated rings. The van der Waals surface area contributed by atoms with Crippen molar-refractivity contribution in [1.29, 1.82) is 0 Å². The number of nitrogens with one attached hydrogen (secondary N) is 1. The highest BCUT2D eigenvalue weighted by molar-refractivity contribution is 7.91. The van der Waals surface area contributed by atoms with Crippen LogP contribution in [0.25, 0.3) is 20.8 Å². The Balaban J connectivity index is 1.56. The lowest BCUT2D eigenvalue weighted by atomic mass is 10.2. The summed E-state index contributed by atoms with van der Waals surface area (Å²) in [6, 6.07) is 19.6. The molecular formula is C20H14Cl2N2O2S2. The van der Waals surface area contributed by atoms with Crippen molar-refractivity contribution in [3.63, 3.8) is 0 Å². The van der Waals surface area contributed by atoms with Gasteiger partial charge in [-0.05, 0) is 48.0 Å². The molecule has 4 aromatic rings. The number of hydrogen-bond acceptors (Lipinski definition) is 4. The standard InChI is InChI=1S/C20H14Cl2N2O2S2/c21-14-7-5-13(6-8-14)12-28(25,26)24-15-9-10-16(17(22)11-15)20-23-18-3-1-2-4-19(18)27-20/h1-11,24H,12H2. The summed E-state index contributed by atoms with van der Waals surface area (Å²) in [5, 5.41) is 1.79. The predicted molar refractivity (Wildman–Crippen MR) is 118 cm³/mol. The van der Waals surface area contributed by atoms with Crippen LogP contribution in [0.15, 0.2) is 66.7 Å². The zero-order valence-corrected chi connectivity index (χ0v) is 17.5. The molecule has 4 rings (SSSR count). The van der Waals surface area contributed by atoms with Gasteiger partial charge in [0.25, 0.3) is 0 Å². The Morgan fingerprint density at radius 1 is 0.964 bits per heavy atom. The number of benzene rings is 3. The molecule has 0 unspecified atom stereocenters. The van der Waals surface area contributed by atoms with E-state index in [0.717, 1.165) is 20.8 Å². The number of para-hydroxylation sites is 1. The molecule has 3 aromatic carbocycles. The second-order valence-electron chi connectivity index (χ2n) is 6.17. The smallest absolute Gasteiger partial charge is 0.236 e. The Hall–Kier alpha value is -2.12. The van der Waals surface area contributed by atoms with Crippen LogP contribution in [-0.4, -0.2) is 13.4 Å². The third kappa shape index (κ3) is 4.31. The van der Waals surface area contributed by atoms with Gasteiger partial charge in [-0.25, -0.2) is 13.4 Å². The largest absolute Gasteiger partial charge is 0.283 e. The first-order valence-electron chi connectivity index (χ1n) is 8.30. The number of halogens is 2. The highest BCUT2D eigenvalue weighted by Gasteiger charge is 2.15. The van der Waals surface area contributed by atoms with Crippen molar-refractivity contribution in [3.8, 4) is 10.6 Å². The normalized spacial score (nSPS) is 11.6. The van der Waals surface area contributed by atoms with Gasteiger partial charge in [0.1, 0.15) is 5.01 Å². The summed E-state index contributed by atoms with van der Waals surface area (Å²) in [6.45, 7) is 0. The molecule has 1 N–H and O–H groups in total. The van der Waals surface area contributed by atoms with Gasteiger partial charge in [-0.2, -0.15) is 0 Å². The summed E-state index contributed by atoms with van der Waals surface area (Å²) >= 11 is 13.8. The molecule has 4 nitrogen and oxygen atoms in total. The van der Waals surface area contributed by atoms with Crippen LogP contribution in [0, 0.1) is 0 Å². The van der Waals surface area contributed by atoms with Gasteiger partial charge in [-0.1, -0.05) is 47.5 Å². The molecule has 0 spiro atoms. The zero-order chi connectivity index (χ0) is 19.7. The molecule has 28 heavy (non-hydrogen) atoms. The van der Waals surface area contributed by atoms with Crippen molar-refractivity contribution in [1.82, 2.24) is 4.98 Å². The van der Waals surface area contributed by atoms with E-state index in [2.05, 4.69) is 9.71 Å². The second kappa shape index (κ2) is 7.72. The van der Waals surface area contributed by atoms with Crippen LogP contribution in [0.2, 0.25) is 10.0 Å². The number of nitrogens with zero attached hydrogens (tertiary/aromatic N) is 1. The van der Waals surface area contributed by atoms with E-state index in [1.807, 2.05) is 24.3 Å². The van der Waals surface area contributed by atoms with Crippen LogP contribution in [0.1, 0.15) is 5.56 Å². The van der Waals surface area contributed by atoms with E-state index in [1.165, 1.54) is 0 Å². The second-order valence-corrected chi connectivity index (χ2v) is 9.77. The molecule has 0 bridgehead atoms. The molecule has 142 valence electrons. The van der Waals surface area contributed by atoms with E-state index in [9.17, 15) is 8.42 Å². The minimum atomic E-state index is -3.58. The van der Waals surface area contributed by atoms with Crippen molar-refractivity contribution in [2.45, 2.75) is 5.75 Å². The number of fused-ring (bicyclic) bond motifs is 1. The van der Waals surface area contributed by atoms with E-state index in [4.69, 9.17) is 23.2 Å². The highest BCUT2D eigenvalue weighted by Crippen LogP contribution is 2.35. The number of sulfonamides is 1. The van der Waals surface area contributed by atoms with Crippen molar-refractivity contribution in [3.05, 3.63) is 82.3 Å². The number of hydrogen-bond donors (Lipinski definition) is 1. The molecule has 0 aliphatic carbocycles. The van der Waals surface area contributed by atoms with E-state index < -0.39 is 10.0 Å². The molecule has 8 heteroatoms. The zero-order valence-electron chi connectivity index (χ0n) is 14.4. The van der Waals surface area contributed by atoms with E-state index in [-0.39, 0.29) is 5.75 Å². The summed E-state index contributed by atoms with van der Waals surface area (Å²) in [4.78, 5) is 4.60. The van der Waals surface area contributed by atoms with Gasteiger partial charge in [0.2, 0.25) is 10.0 Å². The number of anilines is 1. The van der Waals surface area contributed by atoms with Gasteiger partial charge in [-0.15, -0.1) is 11.3 Å². The first-order valence-corrected chi connectivity index (χ1v) is 11.5. The lowest BCUT2D eigenvalue weighted by Gasteiger charge is -2.10. The van der Waals surface area contributed by atoms with Crippen LogP contribution in [0.3, 0.4) is 0 Å². The molecule has 0 aliphatic heterocycles. The average Bonchev–Trinajstić information content (AvgIpc) is 3.07. The fraction of sp³-hybridized carbons (Fsp3) is 0.0500. The maximum atomic E-state index is 12.4. The summed E-state index contributed by atoms with van der Waals surface area (Å²) in [5.41, 5.74) is 2.73. The molecule has 1 aromatic heterocycles. The molecule has 0 atom stereocenters. The third-order valence-corrected chi connectivity index (χ3v) is 6.93. The number of thiazole rings is 1. The Bertz CT molecular complexity index is 1220. The lowest BCUT2D eigenvalue weighted by Crippen LogP contribution is -2.15. The third-order valence-electron chi connectivity index (χ3n) is 4.04. The van der Waals surface area contributed by atoms with Crippen molar-refractivity contribution < 1.29 is 8.42 Å². The minimum absolute atomic E-state index is 0.151. The fourth-order valence-electron chi connectivity index (χ4n) is 2.76. The van der Waals surface area contributed by atoms with E-state index in [1.54, 1.807) is 53.8 Å². The van der Waals surface area contributed by atoms with Gasteiger partial charge in [0, 0.05) is 10.6 Å². The number of aromatic nitrogens is 1. The summed E-state index contributed by atoms with van der Waals surface area (Å²) in [6.07, 6.45) is 0. The number of rotatable bonds is 5. The van der Waals surface area contributed by atoms with Gasteiger partial charge < -0.3 is 0 Å². The SMILES string of the molecule is O=S(=O)(Cc1ccc(Cl)cc1)Nc1ccc(-c2nc3ccccc3s2)c(Cl)c1. The van der Waals surface area contributed by atoms with Gasteiger partial charge in [-0.3, -0.25) is 4.72 Å². The molecule has 0 saturated heterocycles. The fourth-order valence-corrected chi connectivity index (χ4v) is 5.40. The first-order chi connectivity index (χ1) is 13.4. The Morgan fingerprint density at radius 3 is 2.43 bits per heavy atom. The van der Waals surface area contributed by atoms with Gasteiger partial charge >= 0.3 is 0 Å². The maximum Gasteiger partial charge on any atom is 0.236 e. The topological polar surface area (TPSA) is 59.1 Å². The van der Waals surface area contributed by atoms with Crippen LogP contribution in [-0.2, 0) is 15.8 Å². The van der Waals surface area contributed by atoms with Crippen molar-refractivity contribution in [2.75, 3.05) is 4.72 Å². The molecule has 0 saturated carbocycles. The highest BCUT2D eigenvalue weighted by atomic mass is 35.5. The van der Waals surface area contributed by atoms with Crippen LogP contribution in [0.4, 0.5) is 5.69 Å². The van der Waals surface area contributed by atoms with Crippen LogP contribution >= 0.6 is 34.5 Å². The summed E-state index contributed by atoms with van der Waals surface area (Å²) < 4.78 is 28.5. The quantitative estimate of drug-likeness (QED) is 0.394. The van der Waals surface area contributed by atoms with Crippen molar-refractivity contribution >= 4 is 60.5 Å². The summed E-state index contributed by atoms with van der Waals surface area (Å²) in [7, 11) is -3.58. The minimum Gasteiger partial charge on any atom is -0.283 e. The lowest BCUT2D eigenvalue weighted by molar-refractivity contribution is 0.600. The summed E-state index contributed by atoms with van der Waals surface area (Å²) in [5.74, 6) is -0.151. The molecule has 1 heterocycles. The van der Waals surface area contributed by atoms with E-state index >= 15 is 0 Å². The monoisotopic (exact) mass is 448 g/mol. The molecule has 0 radical (unpaired) electrons. The molecule has 0 aliphatic rings. The Morgan fingerprint density at radius 2 is 1.71 bits per heavy atom. The molecular weight excluding hydrogens is 435 g/mol. The van der Waals surface area contributed by atoms with E-state index in [0.29, 0.717) is 21.3 Å².